The Morgan fingerprint density at radius 2 is 1.76 bits per heavy atom. The van der Waals surface area contributed by atoms with E-state index < -0.39 is 0 Å². The number of rotatable bonds is 5. The lowest BCUT2D eigenvalue weighted by Gasteiger charge is -2.45. The third-order valence-electron chi connectivity index (χ3n) is 6.59. The third kappa shape index (κ3) is 5.33. The molecule has 0 heterocycles. The van der Waals surface area contributed by atoms with E-state index in [4.69, 9.17) is 10.5 Å². The SMILES string of the molecule is CCC(OC1CCCC(C)C1)C(=O)NC1C2CCCC1CC(N)C2.Cl. The van der Waals surface area contributed by atoms with E-state index >= 15 is 0 Å². The molecule has 5 unspecified atom stereocenters. The van der Waals surface area contributed by atoms with E-state index in [0.29, 0.717) is 23.9 Å². The Balaban J connectivity index is 0.00000225. The normalized spacial score (nSPS) is 39.2. The number of amides is 1. The van der Waals surface area contributed by atoms with Gasteiger partial charge in [0.2, 0.25) is 5.91 Å². The smallest absolute Gasteiger partial charge is 0.249 e. The van der Waals surface area contributed by atoms with Crippen LogP contribution < -0.4 is 11.1 Å². The Kier molecular flexibility index (Phi) is 8.03. The molecule has 1 amide bonds. The summed E-state index contributed by atoms with van der Waals surface area (Å²) in [6, 6.07) is 0.657. The van der Waals surface area contributed by atoms with E-state index in [1.807, 2.05) is 0 Å². The van der Waals surface area contributed by atoms with Gasteiger partial charge in [0.25, 0.3) is 0 Å². The van der Waals surface area contributed by atoms with Crippen molar-refractivity contribution in [3.63, 3.8) is 0 Å². The number of nitrogens with one attached hydrogen (secondary N) is 1. The van der Waals surface area contributed by atoms with Crippen molar-refractivity contribution < 1.29 is 9.53 Å². The van der Waals surface area contributed by atoms with Gasteiger partial charge in [0.1, 0.15) is 6.10 Å². The lowest BCUT2D eigenvalue weighted by molar-refractivity contribution is -0.141. The number of carbonyl (C=O) groups is 1. The van der Waals surface area contributed by atoms with Crippen LogP contribution in [0, 0.1) is 17.8 Å². The maximum absolute atomic E-state index is 12.8. The monoisotopic (exact) mass is 372 g/mol. The first-order valence-electron chi connectivity index (χ1n) is 10.3. The summed E-state index contributed by atoms with van der Waals surface area (Å²) in [7, 11) is 0. The summed E-state index contributed by atoms with van der Waals surface area (Å²) >= 11 is 0. The van der Waals surface area contributed by atoms with E-state index in [9.17, 15) is 4.79 Å². The Labute approximate surface area is 159 Å². The van der Waals surface area contributed by atoms with Crippen LogP contribution in [0.2, 0.25) is 0 Å². The summed E-state index contributed by atoms with van der Waals surface area (Å²) in [6.45, 7) is 4.36. The van der Waals surface area contributed by atoms with Crippen LogP contribution in [0.1, 0.15) is 78.1 Å². The second-order valence-electron chi connectivity index (χ2n) is 8.64. The van der Waals surface area contributed by atoms with E-state index in [2.05, 4.69) is 19.2 Å². The minimum Gasteiger partial charge on any atom is -0.365 e. The zero-order valence-corrected chi connectivity index (χ0v) is 16.7. The van der Waals surface area contributed by atoms with Crippen LogP contribution in [0.15, 0.2) is 0 Å². The summed E-state index contributed by atoms with van der Waals surface area (Å²) in [5.74, 6) is 1.99. The molecule has 0 aliphatic heterocycles. The summed E-state index contributed by atoms with van der Waals surface area (Å²) < 4.78 is 6.22. The lowest BCUT2D eigenvalue weighted by Crippen LogP contribution is -2.55. The van der Waals surface area contributed by atoms with Crippen molar-refractivity contribution in [3.05, 3.63) is 0 Å². The molecular formula is C20H37ClN2O2. The van der Waals surface area contributed by atoms with Crippen molar-refractivity contribution >= 4 is 18.3 Å². The first kappa shape index (κ1) is 21.0. The number of carbonyl (C=O) groups excluding carboxylic acids is 1. The number of hydrogen-bond acceptors (Lipinski definition) is 3. The molecular weight excluding hydrogens is 336 g/mol. The van der Waals surface area contributed by atoms with E-state index in [1.54, 1.807) is 0 Å². The van der Waals surface area contributed by atoms with E-state index in [-0.39, 0.29) is 30.5 Å². The van der Waals surface area contributed by atoms with Gasteiger partial charge in [0.15, 0.2) is 0 Å². The Hall–Kier alpha value is -0.320. The van der Waals surface area contributed by atoms with Crippen molar-refractivity contribution in [3.8, 4) is 0 Å². The molecule has 0 aromatic carbocycles. The van der Waals surface area contributed by atoms with Crippen molar-refractivity contribution in [1.29, 1.82) is 0 Å². The first-order valence-corrected chi connectivity index (χ1v) is 10.3. The molecule has 0 radical (unpaired) electrons. The molecule has 3 rings (SSSR count). The molecule has 5 heteroatoms. The van der Waals surface area contributed by atoms with Crippen LogP contribution in [0.3, 0.4) is 0 Å². The molecule has 0 saturated heterocycles. The number of ether oxygens (including phenoxy) is 1. The second kappa shape index (κ2) is 9.57. The largest absolute Gasteiger partial charge is 0.365 e. The molecule has 3 N–H and O–H groups in total. The van der Waals surface area contributed by atoms with Gasteiger partial charge in [0.05, 0.1) is 6.10 Å². The topological polar surface area (TPSA) is 64.3 Å². The van der Waals surface area contributed by atoms with Crippen LogP contribution in [0.25, 0.3) is 0 Å². The highest BCUT2D eigenvalue weighted by molar-refractivity contribution is 5.85. The average molecular weight is 373 g/mol. The number of hydrogen-bond donors (Lipinski definition) is 2. The van der Waals surface area contributed by atoms with Crippen LogP contribution in [-0.2, 0) is 9.53 Å². The van der Waals surface area contributed by atoms with Crippen molar-refractivity contribution in [2.24, 2.45) is 23.5 Å². The van der Waals surface area contributed by atoms with Crippen LogP contribution in [-0.4, -0.2) is 30.2 Å². The molecule has 0 aromatic heterocycles. The fourth-order valence-corrected chi connectivity index (χ4v) is 5.36. The Bertz CT molecular complexity index is 420. The molecule has 2 bridgehead atoms. The highest BCUT2D eigenvalue weighted by Crippen LogP contribution is 2.39. The molecule has 146 valence electrons. The van der Waals surface area contributed by atoms with Crippen molar-refractivity contribution in [1.82, 2.24) is 5.32 Å². The van der Waals surface area contributed by atoms with Crippen LogP contribution in [0.4, 0.5) is 0 Å². The highest BCUT2D eigenvalue weighted by Gasteiger charge is 2.40. The minimum absolute atomic E-state index is 0. The van der Waals surface area contributed by atoms with Crippen LogP contribution in [0.5, 0.6) is 0 Å². The van der Waals surface area contributed by atoms with Crippen LogP contribution >= 0.6 is 12.4 Å². The predicted molar refractivity (Wildman–Crippen MR) is 104 cm³/mol. The van der Waals surface area contributed by atoms with Gasteiger partial charge < -0.3 is 15.8 Å². The number of halogens is 1. The number of fused-ring (bicyclic) bond motifs is 2. The molecule has 0 spiro atoms. The average Bonchev–Trinajstić information content (AvgIpc) is 2.53. The standard InChI is InChI=1S/C20H36N2O2.ClH/c1-3-18(24-17-9-4-6-13(2)10-17)20(23)22-19-14-7-5-8-15(19)12-16(21)11-14;/h13-19H,3-12,21H2,1-2H3,(H,22,23);1H. The van der Waals surface area contributed by atoms with Gasteiger partial charge in [-0.05, 0) is 62.7 Å². The fourth-order valence-electron chi connectivity index (χ4n) is 5.36. The van der Waals surface area contributed by atoms with Gasteiger partial charge >= 0.3 is 0 Å². The molecule has 0 aromatic rings. The molecule has 5 atom stereocenters. The van der Waals surface area contributed by atoms with Gasteiger partial charge in [-0.3, -0.25) is 4.79 Å². The minimum atomic E-state index is -0.281. The van der Waals surface area contributed by atoms with Gasteiger partial charge in [0, 0.05) is 12.1 Å². The molecule has 3 fully saturated rings. The maximum atomic E-state index is 12.8. The summed E-state index contributed by atoms with van der Waals surface area (Å²) in [5.41, 5.74) is 6.20. The highest BCUT2D eigenvalue weighted by atomic mass is 35.5. The molecule has 4 nitrogen and oxygen atoms in total. The molecule has 3 aliphatic rings. The Morgan fingerprint density at radius 3 is 2.36 bits per heavy atom. The zero-order chi connectivity index (χ0) is 17.1. The maximum Gasteiger partial charge on any atom is 0.249 e. The summed E-state index contributed by atoms with van der Waals surface area (Å²) in [4.78, 5) is 12.8. The van der Waals surface area contributed by atoms with Gasteiger partial charge in [-0.15, -0.1) is 12.4 Å². The summed E-state index contributed by atoms with van der Waals surface area (Å²) in [5, 5.41) is 3.37. The van der Waals surface area contributed by atoms with Gasteiger partial charge in [-0.2, -0.15) is 0 Å². The molecule has 25 heavy (non-hydrogen) atoms. The number of nitrogens with two attached hydrogens (primary N) is 1. The molecule has 3 aliphatic carbocycles. The first-order chi connectivity index (χ1) is 11.6. The zero-order valence-electron chi connectivity index (χ0n) is 15.9. The van der Waals surface area contributed by atoms with E-state index in [1.165, 1.54) is 32.1 Å². The van der Waals surface area contributed by atoms with Crippen molar-refractivity contribution in [2.75, 3.05) is 0 Å². The third-order valence-corrected chi connectivity index (χ3v) is 6.59. The fraction of sp³-hybridized carbons (Fsp3) is 0.950. The lowest BCUT2D eigenvalue weighted by atomic mass is 9.67. The quantitative estimate of drug-likeness (QED) is 0.771. The Morgan fingerprint density at radius 1 is 1.12 bits per heavy atom. The van der Waals surface area contributed by atoms with Crippen molar-refractivity contribution in [2.45, 2.75) is 102 Å². The summed E-state index contributed by atoms with van der Waals surface area (Å²) in [6.07, 6.45) is 11.4. The molecule has 3 saturated carbocycles. The predicted octanol–water partition coefficient (Wildman–Crippen LogP) is 3.80. The van der Waals surface area contributed by atoms with E-state index in [0.717, 1.165) is 38.0 Å². The van der Waals surface area contributed by atoms with Gasteiger partial charge in [-0.25, -0.2) is 0 Å². The van der Waals surface area contributed by atoms with Gasteiger partial charge in [-0.1, -0.05) is 33.1 Å². The second-order valence-corrected chi connectivity index (χ2v) is 8.64.